The number of ether oxygens (including phenoxy) is 1. The van der Waals surface area contributed by atoms with Crippen molar-refractivity contribution in [2.45, 2.75) is 51.2 Å². The molecule has 31 heavy (non-hydrogen) atoms. The van der Waals surface area contributed by atoms with Crippen LogP contribution in [0.15, 0.2) is 42.5 Å². The van der Waals surface area contributed by atoms with Crippen molar-refractivity contribution >= 4 is 18.0 Å². The maximum Gasteiger partial charge on any atom is 0.223 e. The summed E-state index contributed by atoms with van der Waals surface area (Å²) in [5.74, 6) is 0.782. The molecule has 2 aromatic carbocycles. The van der Waals surface area contributed by atoms with Gasteiger partial charge in [0.1, 0.15) is 5.75 Å². The fourth-order valence-electron chi connectivity index (χ4n) is 4.29. The van der Waals surface area contributed by atoms with Crippen molar-refractivity contribution in [2.24, 2.45) is 0 Å². The number of nitrogens with zero attached hydrogens (tertiary/aromatic N) is 2. The van der Waals surface area contributed by atoms with Gasteiger partial charge in [-0.25, -0.2) is 0 Å². The zero-order valence-electron chi connectivity index (χ0n) is 18.9. The zero-order valence-corrected chi connectivity index (χ0v) is 18.9. The molecule has 0 saturated heterocycles. The van der Waals surface area contributed by atoms with Gasteiger partial charge in [0, 0.05) is 43.9 Å². The highest BCUT2D eigenvalue weighted by atomic mass is 16.5. The maximum atomic E-state index is 11.9. The quantitative estimate of drug-likeness (QED) is 0.656. The lowest BCUT2D eigenvalue weighted by atomic mass is 9.90. The summed E-state index contributed by atoms with van der Waals surface area (Å²) in [7, 11) is 5.43. The average Bonchev–Trinajstić information content (AvgIpc) is 2.82. The summed E-state index contributed by atoms with van der Waals surface area (Å²) in [5.41, 5.74) is 3.96. The molecule has 2 amide bonds. The Hall–Kier alpha value is -2.86. The largest absolute Gasteiger partial charge is 0.496 e. The van der Waals surface area contributed by atoms with Crippen molar-refractivity contribution < 1.29 is 14.3 Å². The molecular weight excluding hydrogens is 390 g/mol. The number of carbonyl (C=O) groups excluding carboxylic acids is 2. The molecule has 0 spiro atoms. The van der Waals surface area contributed by atoms with Crippen molar-refractivity contribution in [1.29, 1.82) is 0 Å². The zero-order chi connectivity index (χ0) is 22.4. The van der Waals surface area contributed by atoms with E-state index in [4.69, 9.17) is 4.74 Å². The van der Waals surface area contributed by atoms with Gasteiger partial charge in [0.05, 0.1) is 7.11 Å². The van der Waals surface area contributed by atoms with Crippen molar-refractivity contribution in [3.63, 3.8) is 0 Å². The number of anilines is 1. The molecule has 3 rings (SSSR count). The fourth-order valence-corrected chi connectivity index (χ4v) is 4.29. The molecular formula is C25H33N3O3. The van der Waals surface area contributed by atoms with Gasteiger partial charge in [-0.1, -0.05) is 18.2 Å². The second-order valence-corrected chi connectivity index (χ2v) is 8.22. The summed E-state index contributed by atoms with van der Waals surface area (Å²) >= 11 is 0. The molecule has 6 heteroatoms. The standard InChI is InChI=1S/C25H33N3O3/c1-18(30)27(3)23-10-5-19(6-11-23)20-7-14-25(31-4)21(15-20)16-28(17-29)24-12-8-22(26-2)9-13-24/h5-7,10-11,14-15,17,22,24,26H,8-9,12-13,16H2,1-4H3. The molecule has 0 aliphatic heterocycles. The first kappa shape index (κ1) is 22.8. The molecule has 0 bridgehead atoms. The third-order valence-corrected chi connectivity index (χ3v) is 6.40. The normalized spacial score (nSPS) is 18.3. The molecule has 166 valence electrons. The number of carbonyl (C=O) groups is 2. The predicted octanol–water partition coefficient (Wildman–Crippen LogP) is 3.83. The molecule has 0 unspecified atom stereocenters. The van der Waals surface area contributed by atoms with Crippen LogP contribution in [0.4, 0.5) is 5.69 Å². The Morgan fingerprint density at radius 1 is 1.10 bits per heavy atom. The van der Waals surface area contributed by atoms with Crippen LogP contribution in [0.3, 0.4) is 0 Å². The first-order valence-corrected chi connectivity index (χ1v) is 10.9. The summed E-state index contributed by atoms with van der Waals surface area (Å²) in [6.45, 7) is 2.08. The van der Waals surface area contributed by atoms with Crippen molar-refractivity contribution in [2.75, 3.05) is 26.1 Å². The maximum absolute atomic E-state index is 11.9. The number of rotatable bonds is 8. The van der Waals surface area contributed by atoms with E-state index >= 15 is 0 Å². The van der Waals surface area contributed by atoms with Crippen LogP contribution in [-0.2, 0) is 16.1 Å². The Bertz CT molecular complexity index is 889. The monoisotopic (exact) mass is 423 g/mol. The average molecular weight is 424 g/mol. The molecule has 1 saturated carbocycles. The topological polar surface area (TPSA) is 61.9 Å². The summed E-state index contributed by atoms with van der Waals surface area (Å²) in [6.07, 6.45) is 5.17. The van der Waals surface area contributed by atoms with E-state index in [2.05, 4.69) is 11.4 Å². The van der Waals surface area contributed by atoms with E-state index < -0.39 is 0 Å². The van der Waals surface area contributed by atoms with Gasteiger partial charge in [-0.2, -0.15) is 0 Å². The van der Waals surface area contributed by atoms with E-state index in [1.54, 1.807) is 26.0 Å². The van der Waals surface area contributed by atoms with Crippen LogP contribution in [0.5, 0.6) is 5.75 Å². The van der Waals surface area contributed by atoms with Gasteiger partial charge in [-0.05, 0) is 68.1 Å². The first-order chi connectivity index (χ1) is 15.0. The van der Waals surface area contributed by atoms with Crippen LogP contribution in [-0.4, -0.2) is 50.5 Å². The van der Waals surface area contributed by atoms with Gasteiger partial charge < -0.3 is 19.9 Å². The third kappa shape index (κ3) is 5.44. The lowest BCUT2D eigenvalue weighted by Crippen LogP contribution is -2.40. The number of benzene rings is 2. The minimum atomic E-state index is -0.00260. The molecule has 0 radical (unpaired) electrons. The van der Waals surface area contributed by atoms with Crippen LogP contribution < -0.4 is 15.0 Å². The minimum absolute atomic E-state index is 0.00260. The minimum Gasteiger partial charge on any atom is -0.496 e. The molecule has 0 atom stereocenters. The van der Waals surface area contributed by atoms with Crippen LogP contribution in [0.25, 0.3) is 11.1 Å². The molecule has 0 aromatic heterocycles. The number of hydrogen-bond donors (Lipinski definition) is 1. The molecule has 2 aromatic rings. The first-order valence-electron chi connectivity index (χ1n) is 10.9. The lowest BCUT2D eigenvalue weighted by Gasteiger charge is -2.35. The van der Waals surface area contributed by atoms with Crippen molar-refractivity contribution in [1.82, 2.24) is 10.2 Å². The second kappa shape index (κ2) is 10.4. The van der Waals surface area contributed by atoms with E-state index in [1.165, 1.54) is 0 Å². The molecule has 1 N–H and O–H groups in total. The van der Waals surface area contributed by atoms with E-state index in [0.717, 1.165) is 60.2 Å². The molecule has 1 fully saturated rings. The van der Waals surface area contributed by atoms with Crippen LogP contribution >= 0.6 is 0 Å². The lowest BCUT2D eigenvalue weighted by molar-refractivity contribution is -0.121. The Labute approximate surface area is 185 Å². The highest BCUT2D eigenvalue weighted by Gasteiger charge is 2.25. The van der Waals surface area contributed by atoms with E-state index in [9.17, 15) is 9.59 Å². The smallest absolute Gasteiger partial charge is 0.223 e. The van der Waals surface area contributed by atoms with Crippen LogP contribution in [0.1, 0.15) is 38.2 Å². The highest BCUT2D eigenvalue weighted by Crippen LogP contribution is 2.31. The number of methoxy groups -OCH3 is 1. The Kier molecular flexibility index (Phi) is 7.69. The van der Waals surface area contributed by atoms with Crippen molar-refractivity contribution in [3.05, 3.63) is 48.0 Å². The number of hydrogen-bond acceptors (Lipinski definition) is 4. The summed E-state index contributed by atoms with van der Waals surface area (Å²) in [4.78, 5) is 27.0. The van der Waals surface area contributed by atoms with E-state index in [0.29, 0.717) is 12.6 Å². The van der Waals surface area contributed by atoms with Crippen LogP contribution in [0.2, 0.25) is 0 Å². The van der Waals surface area contributed by atoms with Gasteiger partial charge in [0.15, 0.2) is 0 Å². The van der Waals surface area contributed by atoms with Crippen molar-refractivity contribution in [3.8, 4) is 16.9 Å². The molecule has 6 nitrogen and oxygen atoms in total. The summed E-state index contributed by atoms with van der Waals surface area (Å²) < 4.78 is 5.58. The van der Waals surface area contributed by atoms with E-state index in [-0.39, 0.29) is 11.9 Å². The SMILES string of the molecule is CNC1CCC(N(C=O)Cc2cc(-c3ccc(N(C)C(C)=O)cc3)ccc2OC)CC1. The summed E-state index contributed by atoms with van der Waals surface area (Å²) in [6, 6.07) is 14.8. The van der Waals surface area contributed by atoms with Crippen LogP contribution in [0, 0.1) is 0 Å². The predicted molar refractivity (Wildman–Crippen MR) is 124 cm³/mol. The number of nitrogens with one attached hydrogen (secondary N) is 1. The molecule has 1 aliphatic carbocycles. The van der Waals surface area contributed by atoms with Gasteiger partial charge in [0.2, 0.25) is 12.3 Å². The Morgan fingerprint density at radius 2 is 1.74 bits per heavy atom. The summed E-state index contributed by atoms with van der Waals surface area (Å²) in [5, 5.41) is 3.34. The van der Waals surface area contributed by atoms with Gasteiger partial charge in [0.25, 0.3) is 0 Å². The fraction of sp³-hybridized carbons (Fsp3) is 0.440. The van der Waals surface area contributed by atoms with Gasteiger partial charge in [-0.15, -0.1) is 0 Å². The second-order valence-electron chi connectivity index (χ2n) is 8.22. The highest BCUT2D eigenvalue weighted by molar-refractivity contribution is 5.91. The number of amides is 2. The molecule has 0 heterocycles. The third-order valence-electron chi connectivity index (χ3n) is 6.40. The Morgan fingerprint density at radius 3 is 2.29 bits per heavy atom. The van der Waals surface area contributed by atoms with Gasteiger partial charge in [-0.3, -0.25) is 9.59 Å². The van der Waals surface area contributed by atoms with Gasteiger partial charge >= 0.3 is 0 Å². The van der Waals surface area contributed by atoms with E-state index in [1.807, 2.05) is 48.3 Å². The molecule has 1 aliphatic rings. The Balaban J connectivity index is 1.80.